The number of para-hydroxylation sites is 1. The molecular formula is C14H18FNO3S. The first kappa shape index (κ1) is 16.5. The van der Waals surface area contributed by atoms with Crippen molar-refractivity contribution in [2.45, 2.75) is 25.5 Å². The van der Waals surface area contributed by atoms with Gasteiger partial charge in [0.05, 0.1) is 5.69 Å². The maximum atomic E-state index is 13.3. The Morgan fingerprint density at radius 3 is 2.55 bits per heavy atom. The summed E-state index contributed by atoms with van der Waals surface area (Å²) in [5.41, 5.74) is 0.140. The van der Waals surface area contributed by atoms with Gasteiger partial charge < -0.3 is 10.4 Å². The molecule has 1 amide bonds. The molecule has 1 rings (SSSR count). The van der Waals surface area contributed by atoms with Crippen LogP contribution in [0.15, 0.2) is 24.3 Å². The molecule has 20 heavy (non-hydrogen) atoms. The van der Waals surface area contributed by atoms with E-state index in [4.69, 9.17) is 5.11 Å². The molecule has 0 saturated carbocycles. The molecule has 1 unspecified atom stereocenters. The molecule has 0 saturated heterocycles. The minimum absolute atomic E-state index is 0.00729. The van der Waals surface area contributed by atoms with Gasteiger partial charge in [-0.1, -0.05) is 26.0 Å². The Morgan fingerprint density at radius 2 is 2.00 bits per heavy atom. The lowest BCUT2D eigenvalue weighted by molar-refractivity contribution is -0.137. The van der Waals surface area contributed by atoms with Gasteiger partial charge in [-0.3, -0.25) is 9.59 Å². The van der Waals surface area contributed by atoms with Gasteiger partial charge in [-0.25, -0.2) is 4.39 Å². The predicted molar refractivity (Wildman–Crippen MR) is 78.4 cm³/mol. The molecule has 0 heterocycles. The van der Waals surface area contributed by atoms with E-state index in [1.54, 1.807) is 12.1 Å². The molecule has 110 valence electrons. The molecule has 0 aromatic heterocycles. The summed E-state index contributed by atoms with van der Waals surface area (Å²) in [5, 5.41) is 10.9. The van der Waals surface area contributed by atoms with E-state index in [1.807, 2.05) is 13.8 Å². The lowest BCUT2D eigenvalue weighted by atomic mass is 10.1. The van der Waals surface area contributed by atoms with Gasteiger partial charge in [-0.2, -0.15) is 0 Å². The van der Waals surface area contributed by atoms with Crippen molar-refractivity contribution in [3.05, 3.63) is 30.1 Å². The molecule has 1 aromatic carbocycles. The first-order valence-electron chi connectivity index (χ1n) is 6.30. The highest BCUT2D eigenvalue weighted by molar-refractivity contribution is 8.00. The van der Waals surface area contributed by atoms with Crippen LogP contribution in [0.2, 0.25) is 0 Å². The Labute approximate surface area is 121 Å². The molecule has 0 radical (unpaired) electrons. The number of carboxylic acids is 1. The van der Waals surface area contributed by atoms with E-state index in [0.29, 0.717) is 5.75 Å². The molecule has 0 aliphatic rings. The molecule has 2 N–H and O–H groups in total. The zero-order chi connectivity index (χ0) is 15.1. The third-order valence-electron chi connectivity index (χ3n) is 2.62. The van der Waals surface area contributed by atoms with Crippen molar-refractivity contribution in [2.75, 3.05) is 11.1 Å². The number of rotatable bonds is 7. The van der Waals surface area contributed by atoms with Gasteiger partial charge in [-0.05, 0) is 18.1 Å². The SMILES string of the molecule is CC(C)C(SCCC(=O)Nc1ccccc1F)C(=O)O. The molecule has 0 fully saturated rings. The van der Waals surface area contributed by atoms with E-state index in [1.165, 1.54) is 23.9 Å². The van der Waals surface area contributed by atoms with Gasteiger partial charge in [0.25, 0.3) is 0 Å². The number of amides is 1. The first-order valence-corrected chi connectivity index (χ1v) is 7.35. The number of carbonyl (C=O) groups is 2. The summed E-state index contributed by atoms with van der Waals surface area (Å²) in [6.45, 7) is 3.65. The molecule has 0 aliphatic carbocycles. The summed E-state index contributed by atoms with van der Waals surface area (Å²) in [7, 11) is 0. The van der Waals surface area contributed by atoms with Crippen molar-refractivity contribution < 1.29 is 19.1 Å². The topological polar surface area (TPSA) is 66.4 Å². The summed E-state index contributed by atoms with van der Waals surface area (Å²) in [6, 6.07) is 5.92. The first-order chi connectivity index (χ1) is 9.41. The van der Waals surface area contributed by atoms with Gasteiger partial charge in [0.1, 0.15) is 11.1 Å². The average molecular weight is 299 g/mol. The second kappa shape index (κ2) is 7.89. The van der Waals surface area contributed by atoms with Crippen LogP contribution in [0, 0.1) is 11.7 Å². The van der Waals surface area contributed by atoms with Crippen LogP contribution in [-0.4, -0.2) is 28.0 Å². The Morgan fingerprint density at radius 1 is 1.35 bits per heavy atom. The maximum absolute atomic E-state index is 13.3. The normalized spacial score (nSPS) is 12.2. The van der Waals surface area contributed by atoms with E-state index in [2.05, 4.69) is 5.32 Å². The van der Waals surface area contributed by atoms with E-state index >= 15 is 0 Å². The van der Waals surface area contributed by atoms with Crippen molar-refractivity contribution in [2.24, 2.45) is 5.92 Å². The number of thioether (sulfide) groups is 1. The number of benzene rings is 1. The summed E-state index contributed by atoms with van der Waals surface area (Å²) < 4.78 is 13.3. The Bertz CT molecular complexity index is 479. The monoisotopic (exact) mass is 299 g/mol. The fourth-order valence-corrected chi connectivity index (χ4v) is 2.69. The Kier molecular flexibility index (Phi) is 6.51. The standard InChI is InChI=1S/C14H18FNO3S/c1-9(2)13(14(18)19)20-8-7-12(17)16-11-6-4-3-5-10(11)15/h3-6,9,13H,7-8H2,1-2H3,(H,16,17)(H,18,19). The second-order valence-corrected chi connectivity index (χ2v) is 5.90. The molecule has 0 aliphatic heterocycles. The number of anilines is 1. The maximum Gasteiger partial charge on any atom is 0.316 e. The Balaban J connectivity index is 2.41. The smallest absolute Gasteiger partial charge is 0.316 e. The van der Waals surface area contributed by atoms with Crippen LogP contribution in [0.5, 0.6) is 0 Å². The summed E-state index contributed by atoms with van der Waals surface area (Å²) in [4.78, 5) is 22.6. The highest BCUT2D eigenvalue weighted by Crippen LogP contribution is 2.21. The molecule has 1 aromatic rings. The number of aliphatic carboxylic acids is 1. The van der Waals surface area contributed by atoms with Gasteiger partial charge in [0.15, 0.2) is 0 Å². The van der Waals surface area contributed by atoms with E-state index < -0.39 is 17.0 Å². The molecule has 0 bridgehead atoms. The highest BCUT2D eigenvalue weighted by Gasteiger charge is 2.21. The lowest BCUT2D eigenvalue weighted by Crippen LogP contribution is -2.23. The number of nitrogens with one attached hydrogen (secondary N) is 1. The average Bonchev–Trinajstić information content (AvgIpc) is 2.36. The van der Waals surface area contributed by atoms with Crippen molar-refractivity contribution in [3.8, 4) is 0 Å². The number of carboxylic acid groups (broad SMARTS) is 1. The quantitative estimate of drug-likeness (QED) is 0.812. The summed E-state index contributed by atoms with van der Waals surface area (Å²) >= 11 is 1.23. The Hall–Kier alpha value is -1.56. The fraction of sp³-hybridized carbons (Fsp3) is 0.429. The van der Waals surface area contributed by atoms with Crippen LogP contribution in [0.4, 0.5) is 10.1 Å². The second-order valence-electron chi connectivity index (χ2n) is 4.65. The minimum atomic E-state index is -0.875. The molecule has 6 heteroatoms. The lowest BCUT2D eigenvalue weighted by Gasteiger charge is -2.15. The molecule has 4 nitrogen and oxygen atoms in total. The van der Waals surface area contributed by atoms with E-state index in [-0.39, 0.29) is 23.9 Å². The van der Waals surface area contributed by atoms with Crippen LogP contribution in [0.3, 0.4) is 0 Å². The van der Waals surface area contributed by atoms with E-state index in [0.717, 1.165) is 0 Å². The zero-order valence-electron chi connectivity index (χ0n) is 11.4. The third kappa shape index (κ3) is 5.21. The predicted octanol–water partition coefficient (Wildman–Crippen LogP) is 3.00. The summed E-state index contributed by atoms with van der Waals surface area (Å²) in [6.07, 6.45) is 0.148. The minimum Gasteiger partial charge on any atom is -0.480 e. The molecule has 0 spiro atoms. The third-order valence-corrected chi connectivity index (χ3v) is 4.17. The summed E-state index contributed by atoms with van der Waals surface area (Å²) in [5.74, 6) is -1.31. The van der Waals surface area contributed by atoms with Gasteiger partial charge in [0, 0.05) is 12.2 Å². The van der Waals surface area contributed by atoms with Gasteiger partial charge in [-0.15, -0.1) is 11.8 Å². The van der Waals surface area contributed by atoms with Crippen LogP contribution in [0.25, 0.3) is 0 Å². The van der Waals surface area contributed by atoms with Crippen LogP contribution >= 0.6 is 11.8 Å². The molecule has 1 atom stereocenters. The largest absolute Gasteiger partial charge is 0.480 e. The van der Waals surface area contributed by atoms with Gasteiger partial charge >= 0.3 is 5.97 Å². The number of halogens is 1. The zero-order valence-corrected chi connectivity index (χ0v) is 12.2. The number of hydrogen-bond donors (Lipinski definition) is 2. The number of hydrogen-bond acceptors (Lipinski definition) is 3. The van der Waals surface area contributed by atoms with Crippen molar-refractivity contribution >= 4 is 29.3 Å². The van der Waals surface area contributed by atoms with Crippen LogP contribution < -0.4 is 5.32 Å². The molecular weight excluding hydrogens is 281 g/mol. The van der Waals surface area contributed by atoms with Crippen molar-refractivity contribution in [1.29, 1.82) is 0 Å². The van der Waals surface area contributed by atoms with Crippen molar-refractivity contribution in [3.63, 3.8) is 0 Å². The number of carbonyl (C=O) groups excluding carboxylic acids is 1. The fourth-order valence-electron chi connectivity index (χ4n) is 1.60. The van der Waals surface area contributed by atoms with E-state index in [9.17, 15) is 14.0 Å². The van der Waals surface area contributed by atoms with Crippen molar-refractivity contribution in [1.82, 2.24) is 0 Å². The van der Waals surface area contributed by atoms with Crippen LogP contribution in [0.1, 0.15) is 20.3 Å². The van der Waals surface area contributed by atoms with Crippen LogP contribution in [-0.2, 0) is 9.59 Å². The van der Waals surface area contributed by atoms with Gasteiger partial charge in [0.2, 0.25) is 5.91 Å². The highest BCUT2D eigenvalue weighted by atomic mass is 32.2.